The van der Waals surface area contributed by atoms with Crippen LogP contribution in [0.1, 0.15) is 16.7 Å². The summed E-state index contributed by atoms with van der Waals surface area (Å²) < 4.78 is 5.20. The van der Waals surface area contributed by atoms with E-state index in [2.05, 4.69) is 4.99 Å². The van der Waals surface area contributed by atoms with Crippen LogP contribution in [-0.4, -0.2) is 18.9 Å². The van der Waals surface area contributed by atoms with Gasteiger partial charge in [-0.3, -0.25) is 9.69 Å². The van der Waals surface area contributed by atoms with E-state index in [1.165, 1.54) is 0 Å². The Morgan fingerprint density at radius 2 is 1.68 bits per heavy atom. The summed E-state index contributed by atoms with van der Waals surface area (Å²) in [6.45, 7) is 2.01. The molecule has 4 nitrogen and oxygen atoms in total. The number of aryl methyl sites for hydroxylation is 1. The van der Waals surface area contributed by atoms with Crippen molar-refractivity contribution in [3.05, 3.63) is 101 Å². The van der Waals surface area contributed by atoms with Crippen LogP contribution in [0, 0.1) is 6.92 Å². The Morgan fingerprint density at radius 1 is 0.929 bits per heavy atom. The maximum Gasteiger partial charge on any atom is 0.282 e. The molecular formula is C24H20N2O2. The van der Waals surface area contributed by atoms with Gasteiger partial charge in [-0.05, 0) is 48.4 Å². The topological polar surface area (TPSA) is 41.9 Å². The third-order valence-electron chi connectivity index (χ3n) is 4.57. The molecule has 1 heterocycles. The summed E-state index contributed by atoms with van der Waals surface area (Å²) in [5.41, 5.74) is 4.10. The van der Waals surface area contributed by atoms with Crippen molar-refractivity contribution in [2.24, 2.45) is 4.99 Å². The number of hydrogen-bond donors (Lipinski definition) is 0. The maximum absolute atomic E-state index is 13.2. The molecule has 0 fully saturated rings. The first kappa shape index (κ1) is 17.7. The van der Waals surface area contributed by atoms with E-state index < -0.39 is 0 Å². The third kappa shape index (κ3) is 3.45. The summed E-state index contributed by atoms with van der Waals surface area (Å²) in [5, 5.41) is 0. The van der Waals surface area contributed by atoms with Crippen molar-refractivity contribution < 1.29 is 9.53 Å². The minimum atomic E-state index is -0.139. The number of carbonyl (C=O) groups excluding carboxylic acids is 1. The number of benzene rings is 3. The number of amidine groups is 1. The van der Waals surface area contributed by atoms with E-state index in [9.17, 15) is 4.79 Å². The van der Waals surface area contributed by atoms with Gasteiger partial charge in [0.25, 0.3) is 5.91 Å². The van der Waals surface area contributed by atoms with Gasteiger partial charge in [0, 0.05) is 5.56 Å². The average molecular weight is 368 g/mol. The molecule has 3 aromatic rings. The minimum absolute atomic E-state index is 0.139. The summed E-state index contributed by atoms with van der Waals surface area (Å²) >= 11 is 0. The second-order valence-electron chi connectivity index (χ2n) is 6.58. The van der Waals surface area contributed by atoms with Gasteiger partial charge in [-0.1, -0.05) is 54.6 Å². The predicted molar refractivity (Wildman–Crippen MR) is 113 cm³/mol. The van der Waals surface area contributed by atoms with E-state index >= 15 is 0 Å². The van der Waals surface area contributed by atoms with Crippen LogP contribution >= 0.6 is 0 Å². The third-order valence-corrected chi connectivity index (χ3v) is 4.57. The first-order valence-corrected chi connectivity index (χ1v) is 9.07. The molecule has 4 heteroatoms. The second kappa shape index (κ2) is 7.53. The molecule has 0 atom stereocenters. The van der Waals surface area contributed by atoms with Gasteiger partial charge in [-0.2, -0.15) is 0 Å². The Bertz CT molecular complexity index is 1070. The van der Waals surface area contributed by atoms with Crippen molar-refractivity contribution in [2.75, 3.05) is 12.0 Å². The van der Waals surface area contributed by atoms with Crippen molar-refractivity contribution in [3.8, 4) is 5.75 Å². The Balaban J connectivity index is 1.79. The SMILES string of the molecule is COc1ccc(/C=C2/N=C(c3ccccc3)N(c3cccc(C)c3)C2=O)cc1. The van der Waals surface area contributed by atoms with Crippen LogP contribution in [0.15, 0.2) is 89.6 Å². The van der Waals surface area contributed by atoms with Gasteiger partial charge in [0.05, 0.1) is 12.8 Å². The predicted octanol–water partition coefficient (Wildman–Crippen LogP) is 4.84. The number of amides is 1. The van der Waals surface area contributed by atoms with Crippen molar-refractivity contribution >= 4 is 23.5 Å². The highest BCUT2D eigenvalue weighted by atomic mass is 16.5. The van der Waals surface area contributed by atoms with E-state index in [0.717, 1.165) is 28.1 Å². The van der Waals surface area contributed by atoms with Gasteiger partial charge in [0.15, 0.2) is 0 Å². The number of ether oxygens (including phenoxy) is 1. The Hall–Kier alpha value is -3.66. The van der Waals surface area contributed by atoms with Gasteiger partial charge in [0.2, 0.25) is 0 Å². The Labute approximate surface area is 164 Å². The van der Waals surface area contributed by atoms with Gasteiger partial charge >= 0.3 is 0 Å². The number of anilines is 1. The highest BCUT2D eigenvalue weighted by Gasteiger charge is 2.32. The molecular weight excluding hydrogens is 348 g/mol. The molecule has 3 aromatic carbocycles. The monoisotopic (exact) mass is 368 g/mol. The summed E-state index contributed by atoms with van der Waals surface area (Å²) in [6.07, 6.45) is 1.81. The average Bonchev–Trinajstić information content (AvgIpc) is 3.05. The van der Waals surface area contributed by atoms with Crippen molar-refractivity contribution in [1.29, 1.82) is 0 Å². The van der Waals surface area contributed by atoms with Crippen LogP contribution in [0.5, 0.6) is 5.75 Å². The first-order valence-electron chi connectivity index (χ1n) is 9.07. The van der Waals surface area contributed by atoms with E-state index in [4.69, 9.17) is 4.74 Å². The largest absolute Gasteiger partial charge is 0.497 e. The normalized spacial score (nSPS) is 15.1. The van der Waals surface area contributed by atoms with Gasteiger partial charge in [0.1, 0.15) is 17.3 Å². The van der Waals surface area contributed by atoms with Crippen LogP contribution in [0.2, 0.25) is 0 Å². The van der Waals surface area contributed by atoms with Gasteiger partial charge in [-0.25, -0.2) is 4.99 Å². The molecule has 0 aromatic heterocycles. The zero-order chi connectivity index (χ0) is 19.5. The van der Waals surface area contributed by atoms with Crippen molar-refractivity contribution in [2.45, 2.75) is 6.92 Å². The lowest BCUT2D eigenvalue weighted by molar-refractivity contribution is -0.113. The number of nitrogens with zero attached hydrogens (tertiary/aromatic N) is 2. The van der Waals surface area contributed by atoms with Crippen molar-refractivity contribution in [3.63, 3.8) is 0 Å². The summed E-state index contributed by atoms with van der Waals surface area (Å²) in [5.74, 6) is 1.27. The smallest absolute Gasteiger partial charge is 0.282 e. The molecule has 4 rings (SSSR count). The molecule has 0 bridgehead atoms. The summed E-state index contributed by atoms with van der Waals surface area (Å²) in [4.78, 5) is 19.6. The number of rotatable bonds is 4. The summed E-state index contributed by atoms with van der Waals surface area (Å²) in [6, 6.07) is 25.2. The van der Waals surface area contributed by atoms with Gasteiger partial charge < -0.3 is 4.74 Å². The Morgan fingerprint density at radius 3 is 2.36 bits per heavy atom. The fourth-order valence-corrected chi connectivity index (χ4v) is 3.16. The molecule has 0 spiro atoms. The van der Waals surface area contributed by atoms with Crippen LogP contribution in [0.3, 0.4) is 0 Å². The molecule has 1 aliphatic heterocycles. The van der Waals surface area contributed by atoms with E-state index in [1.54, 1.807) is 18.1 Å². The zero-order valence-corrected chi connectivity index (χ0v) is 15.8. The second-order valence-corrected chi connectivity index (χ2v) is 6.58. The van der Waals surface area contributed by atoms with Crippen LogP contribution in [0.25, 0.3) is 6.08 Å². The lowest BCUT2D eigenvalue weighted by Gasteiger charge is -2.19. The highest BCUT2D eigenvalue weighted by Crippen LogP contribution is 2.28. The molecule has 0 N–H and O–H groups in total. The fraction of sp³-hybridized carbons (Fsp3) is 0.0833. The van der Waals surface area contributed by atoms with Crippen molar-refractivity contribution in [1.82, 2.24) is 0 Å². The quantitative estimate of drug-likeness (QED) is 0.619. The minimum Gasteiger partial charge on any atom is -0.497 e. The van der Waals surface area contributed by atoms with Crippen LogP contribution in [0.4, 0.5) is 5.69 Å². The molecule has 0 unspecified atom stereocenters. The van der Waals surface area contributed by atoms with E-state index in [-0.39, 0.29) is 5.91 Å². The number of methoxy groups -OCH3 is 1. The Kier molecular flexibility index (Phi) is 4.77. The number of carbonyl (C=O) groups is 1. The van der Waals surface area contributed by atoms with Crippen LogP contribution in [-0.2, 0) is 4.79 Å². The number of hydrogen-bond acceptors (Lipinski definition) is 3. The molecule has 1 amide bonds. The fourth-order valence-electron chi connectivity index (χ4n) is 3.16. The standard InChI is InChI=1S/C24H20N2O2/c1-17-7-6-10-20(15-17)26-23(19-8-4-3-5-9-19)25-22(24(26)27)16-18-11-13-21(28-2)14-12-18/h3-16H,1-2H3/b22-16+. The zero-order valence-electron chi connectivity index (χ0n) is 15.8. The molecule has 28 heavy (non-hydrogen) atoms. The number of aliphatic imine (C=N–C) groups is 1. The lowest BCUT2D eigenvalue weighted by Crippen LogP contribution is -2.32. The highest BCUT2D eigenvalue weighted by molar-refractivity contribution is 6.33. The lowest BCUT2D eigenvalue weighted by atomic mass is 10.1. The molecule has 1 aliphatic rings. The van der Waals surface area contributed by atoms with Crippen LogP contribution < -0.4 is 9.64 Å². The first-order chi connectivity index (χ1) is 13.7. The molecule has 0 radical (unpaired) electrons. The molecule has 0 aliphatic carbocycles. The molecule has 138 valence electrons. The van der Waals surface area contributed by atoms with E-state index in [0.29, 0.717) is 11.5 Å². The van der Waals surface area contributed by atoms with Gasteiger partial charge in [-0.15, -0.1) is 0 Å². The summed E-state index contributed by atoms with van der Waals surface area (Å²) in [7, 11) is 1.63. The molecule has 0 saturated heterocycles. The van der Waals surface area contributed by atoms with E-state index in [1.807, 2.05) is 85.8 Å². The molecule has 0 saturated carbocycles. The maximum atomic E-state index is 13.2.